The molecule has 0 saturated heterocycles. The first kappa shape index (κ1) is 10.8. The molecule has 0 amide bonds. The van der Waals surface area contributed by atoms with Crippen molar-refractivity contribution in [1.29, 1.82) is 0 Å². The van der Waals surface area contributed by atoms with Crippen LogP contribution in [-0.4, -0.2) is 20.6 Å². The van der Waals surface area contributed by atoms with Crippen LogP contribution < -0.4 is 0 Å². The number of imidazole rings is 1. The molecular weight excluding hydrogens is 279 g/mol. The molecule has 1 aromatic heterocycles. The first-order valence-corrected chi connectivity index (χ1v) is 5.10. The highest BCUT2D eigenvalue weighted by atomic mass is 79.9. The van der Waals surface area contributed by atoms with Gasteiger partial charge in [0.05, 0.1) is 4.47 Å². The molecule has 2 aromatic rings. The first-order chi connectivity index (χ1) is 7.58. The second-order valence-electron chi connectivity index (χ2n) is 3.07. The third-order valence-electron chi connectivity index (χ3n) is 2.00. The minimum atomic E-state index is -1.11. The first-order valence-electron chi connectivity index (χ1n) is 4.30. The van der Waals surface area contributed by atoms with Crippen LogP contribution in [0.4, 0.5) is 4.39 Å². The van der Waals surface area contributed by atoms with Gasteiger partial charge in [0.1, 0.15) is 12.1 Å². The van der Waals surface area contributed by atoms with Crippen molar-refractivity contribution in [2.24, 2.45) is 0 Å². The van der Waals surface area contributed by atoms with Crippen molar-refractivity contribution in [2.45, 2.75) is 0 Å². The molecular formula is C10H6BrFN2O2. The summed E-state index contributed by atoms with van der Waals surface area (Å²) >= 11 is 3.04. The number of carbonyl (C=O) groups is 1. The standard InChI is InChI=1S/C10H6BrFN2O2/c11-7-2-1-6(3-8(7)12)14-4-9(10(15)16)13-5-14/h1-5H,(H,15,16). The van der Waals surface area contributed by atoms with Gasteiger partial charge in [-0.1, -0.05) is 0 Å². The topological polar surface area (TPSA) is 55.1 Å². The van der Waals surface area contributed by atoms with Crippen molar-refractivity contribution in [3.05, 3.63) is 46.7 Å². The summed E-state index contributed by atoms with van der Waals surface area (Å²) in [6, 6.07) is 4.49. The van der Waals surface area contributed by atoms with Crippen LogP contribution in [0.25, 0.3) is 5.69 Å². The molecule has 0 radical (unpaired) electrons. The van der Waals surface area contributed by atoms with E-state index >= 15 is 0 Å². The molecule has 1 heterocycles. The van der Waals surface area contributed by atoms with Gasteiger partial charge in [-0.05, 0) is 34.1 Å². The molecule has 0 fully saturated rings. The highest BCUT2D eigenvalue weighted by molar-refractivity contribution is 9.10. The molecule has 0 spiro atoms. The molecule has 82 valence electrons. The maximum absolute atomic E-state index is 13.2. The third kappa shape index (κ3) is 1.96. The summed E-state index contributed by atoms with van der Waals surface area (Å²) in [4.78, 5) is 14.3. The SMILES string of the molecule is O=C(O)c1cn(-c2ccc(Br)c(F)c2)cn1. The van der Waals surface area contributed by atoms with Gasteiger partial charge < -0.3 is 9.67 Å². The van der Waals surface area contributed by atoms with E-state index in [0.717, 1.165) is 0 Å². The molecule has 0 atom stereocenters. The molecule has 2 rings (SSSR count). The number of halogens is 2. The van der Waals surface area contributed by atoms with Crippen LogP contribution in [0.2, 0.25) is 0 Å². The van der Waals surface area contributed by atoms with Gasteiger partial charge in [-0.2, -0.15) is 0 Å². The average Bonchev–Trinajstić information content (AvgIpc) is 2.71. The van der Waals surface area contributed by atoms with Crippen LogP contribution in [0.15, 0.2) is 35.2 Å². The Balaban J connectivity index is 2.42. The molecule has 1 N–H and O–H groups in total. The molecule has 1 aromatic carbocycles. The highest BCUT2D eigenvalue weighted by Gasteiger charge is 2.08. The van der Waals surface area contributed by atoms with Crippen molar-refractivity contribution in [3.63, 3.8) is 0 Å². The maximum Gasteiger partial charge on any atom is 0.356 e. The van der Waals surface area contributed by atoms with Crippen molar-refractivity contribution in [1.82, 2.24) is 9.55 Å². The number of aromatic carboxylic acids is 1. The zero-order valence-corrected chi connectivity index (χ0v) is 9.48. The smallest absolute Gasteiger partial charge is 0.356 e. The largest absolute Gasteiger partial charge is 0.476 e. The van der Waals surface area contributed by atoms with Gasteiger partial charge in [-0.3, -0.25) is 0 Å². The number of hydrogen-bond acceptors (Lipinski definition) is 2. The molecule has 16 heavy (non-hydrogen) atoms. The summed E-state index contributed by atoms with van der Waals surface area (Å²) in [5.74, 6) is -1.53. The third-order valence-corrected chi connectivity index (χ3v) is 2.65. The molecule has 0 aliphatic rings. The molecule has 6 heteroatoms. The normalized spacial score (nSPS) is 10.4. The van der Waals surface area contributed by atoms with Crippen LogP contribution in [0.3, 0.4) is 0 Å². The summed E-state index contributed by atoms with van der Waals surface area (Å²) in [5.41, 5.74) is 0.434. The van der Waals surface area contributed by atoms with E-state index in [1.807, 2.05) is 0 Å². The fraction of sp³-hybridized carbons (Fsp3) is 0. The Labute approximate surface area is 98.5 Å². The van der Waals surface area contributed by atoms with Crippen molar-refractivity contribution >= 4 is 21.9 Å². The summed E-state index contributed by atoms with van der Waals surface area (Å²) in [5, 5.41) is 8.69. The van der Waals surface area contributed by atoms with Crippen molar-refractivity contribution in [3.8, 4) is 5.69 Å². The number of carboxylic acid groups (broad SMARTS) is 1. The summed E-state index contributed by atoms with van der Waals surface area (Å²) in [6.45, 7) is 0. The summed E-state index contributed by atoms with van der Waals surface area (Å²) in [6.07, 6.45) is 2.65. The van der Waals surface area contributed by atoms with E-state index in [1.54, 1.807) is 12.1 Å². The second-order valence-corrected chi connectivity index (χ2v) is 3.92. The van der Waals surface area contributed by atoms with Crippen molar-refractivity contribution < 1.29 is 14.3 Å². The average molecular weight is 285 g/mol. The Morgan fingerprint density at radius 3 is 2.81 bits per heavy atom. The van der Waals surface area contributed by atoms with E-state index in [1.165, 1.54) is 23.2 Å². The van der Waals surface area contributed by atoms with Crippen molar-refractivity contribution in [2.75, 3.05) is 0 Å². The lowest BCUT2D eigenvalue weighted by Gasteiger charge is -2.02. The van der Waals surface area contributed by atoms with E-state index in [2.05, 4.69) is 20.9 Å². The molecule has 0 saturated carbocycles. The summed E-state index contributed by atoms with van der Waals surface area (Å²) in [7, 11) is 0. The quantitative estimate of drug-likeness (QED) is 0.922. The fourth-order valence-electron chi connectivity index (χ4n) is 1.22. The van der Waals surface area contributed by atoms with Gasteiger partial charge >= 0.3 is 5.97 Å². The zero-order chi connectivity index (χ0) is 11.7. The Kier molecular flexibility index (Phi) is 2.74. The minimum Gasteiger partial charge on any atom is -0.476 e. The second kappa shape index (κ2) is 4.05. The molecule has 0 unspecified atom stereocenters. The van der Waals surface area contributed by atoms with E-state index < -0.39 is 11.8 Å². The summed E-state index contributed by atoms with van der Waals surface area (Å²) < 4.78 is 15.0. The predicted molar refractivity (Wildman–Crippen MR) is 58.2 cm³/mol. The predicted octanol–water partition coefficient (Wildman–Crippen LogP) is 2.47. The van der Waals surface area contributed by atoms with Crippen LogP contribution in [0, 0.1) is 5.82 Å². The lowest BCUT2D eigenvalue weighted by atomic mass is 10.3. The van der Waals surface area contributed by atoms with Crippen LogP contribution >= 0.6 is 15.9 Å². The number of aromatic nitrogens is 2. The maximum atomic E-state index is 13.2. The Hall–Kier alpha value is -1.69. The Bertz CT molecular complexity index is 554. The van der Waals surface area contributed by atoms with E-state index in [0.29, 0.717) is 10.2 Å². The minimum absolute atomic E-state index is 0.0803. The van der Waals surface area contributed by atoms with Crippen LogP contribution in [0.1, 0.15) is 10.5 Å². The van der Waals surface area contributed by atoms with Gasteiger partial charge in [0.25, 0.3) is 0 Å². The lowest BCUT2D eigenvalue weighted by Crippen LogP contribution is -1.96. The molecule has 4 nitrogen and oxygen atoms in total. The van der Waals surface area contributed by atoms with Crippen LogP contribution in [-0.2, 0) is 0 Å². The molecule has 0 bridgehead atoms. The lowest BCUT2D eigenvalue weighted by molar-refractivity contribution is 0.0691. The van der Waals surface area contributed by atoms with Gasteiger partial charge in [-0.25, -0.2) is 14.2 Å². The zero-order valence-electron chi connectivity index (χ0n) is 7.89. The number of nitrogens with zero attached hydrogens (tertiary/aromatic N) is 2. The van der Waals surface area contributed by atoms with E-state index in [4.69, 9.17) is 5.11 Å². The van der Waals surface area contributed by atoms with E-state index in [9.17, 15) is 9.18 Å². The fourth-order valence-corrected chi connectivity index (χ4v) is 1.47. The van der Waals surface area contributed by atoms with Gasteiger partial charge in [-0.15, -0.1) is 0 Å². The van der Waals surface area contributed by atoms with Gasteiger partial charge in [0.15, 0.2) is 5.69 Å². The van der Waals surface area contributed by atoms with Gasteiger partial charge in [0, 0.05) is 11.9 Å². The monoisotopic (exact) mass is 284 g/mol. The Morgan fingerprint density at radius 2 is 2.25 bits per heavy atom. The number of benzene rings is 1. The molecule has 0 aliphatic heterocycles. The highest BCUT2D eigenvalue weighted by Crippen LogP contribution is 2.18. The number of rotatable bonds is 2. The number of hydrogen-bond donors (Lipinski definition) is 1. The van der Waals surface area contributed by atoms with E-state index in [-0.39, 0.29) is 5.69 Å². The molecule has 0 aliphatic carbocycles. The Morgan fingerprint density at radius 1 is 1.50 bits per heavy atom. The van der Waals surface area contributed by atoms with Gasteiger partial charge in [0.2, 0.25) is 0 Å². The number of carboxylic acids is 1. The van der Waals surface area contributed by atoms with Crippen LogP contribution in [0.5, 0.6) is 0 Å².